The molecule has 0 saturated heterocycles. The van der Waals surface area contributed by atoms with Crippen LogP contribution in [-0.4, -0.2) is 14.2 Å². The highest BCUT2D eigenvalue weighted by molar-refractivity contribution is 7.92. The van der Waals surface area contributed by atoms with Gasteiger partial charge in [-0.1, -0.05) is 24.3 Å². The molecule has 3 aromatic carbocycles. The van der Waals surface area contributed by atoms with Gasteiger partial charge in [0.15, 0.2) is 5.78 Å². The Morgan fingerprint density at radius 2 is 1.54 bits per heavy atom. The van der Waals surface area contributed by atoms with Crippen LogP contribution in [0.3, 0.4) is 0 Å². The topological polar surface area (TPSA) is 63.2 Å². The first-order chi connectivity index (χ1) is 12.3. The molecule has 0 radical (unpaired) electrons. The number of nitrogens with one attached hydrogen (secondary N) is 1. The molecule has 3 aromatic rings. The van der Waals surface area contributed by atoms with Gasteiger partial charge in [0.2, 0.25) is 0 Å². The molecule has 0 unspecified atom stereocenters. The van der Waals surface area contributed by atoms with Crippen LogP contribution in [0, 0.1) is 5.82 Å². The first-order valence-corrected chi connectivity index (χ1v) is 9.33. The van der Waals surface area contributed by atoms with E-state index in [0.717, 1.165) is 0 Å². The predicted octanol–water partition coefficient (Wildman–Crippen LogP) is 4.50. The molecule has 0 aliphatic rings. The van der Waals surface area contributed by atoms with Crippen LogP contribution in [0.4, 0.5) is 10.1 Å². The molecule has 132 valence electrons. The van der Waals surface area contributed by atoms with Crippen molar-refractivity contribution in [2.24, 2.45) is 0 Å². The zero-order valence-corrected chi connectivity index (χ0v) is 14.8. The molecule has 1 N–H and O–H groups in total. The van der Waals surface area contributed by atoms with Gasteiger partial charge < -0.3 is 0 Å². The Labute approximate surface area is 151 Å². The Hall–Kier alpha value is -2.99. The number of carbonyl (C=O) groups excluding carboxylic acids is 1. The highest BCUT2D eigenvalue weighted by atomic mass is 32.2. The van der Waals surface area contributed by atoms with E-state index in [2.05, 4.69) is 4.72 Å². The monoisotopic (exact) mass is 369 g/mol. The molecular formula is C20H16FNO3S. The number of rotatable bonds is 5. The van der Waals surface area contributed by atoms with Crippen LogP contribution >= 0.6 is 0 Å². The molecule has 0 saturated carbocycles. The molecule has 0 fully saturated rings. The zero-order chi connectivity index (χ0) is 18.7. The average Bonchev–Trinajstić information content (AvgIpc) is 2.62. The standard InChI is InChI=1S/C20H16FNO3S/c1-14(23)15-7-11-19(12-8-15)22-26(24,25)20-4-2-3-17(13-20)16-5-9-18(21)10-6-16/h2-13,22H,1H3. The summed E-state index contributed by atoms with van der Waals surface area (Å²) >= 11 is 0. The molecule has 0 spiro atoms. The quantitative estimate of drug-likeness (QED) is 0.674. The molecule has 6 heteroatoms. The summed E-state index contributed by atoms with van der Waals surface area (Å²) in [5.74, 6) is -0.445. The summed E-state index contributed by atoms with van der Waals surface area (Å²) < 4.78 is 40.8. The average molecular weight is 369 g/mol. The SMILES string of the molecule is CC(=O)c1ccc(NS(=O)(=O)c2cccc(-c3ccc(F)cc3)c2)cc1. The van der Waals surface area contributed by atoms with Crippen molar-refractivity contribution in [1.29, 1.82) is 0 Å². The Bertz CT molecular complexity index is 1040. The summed E-state index contributed by atoms with van der Waals surface area (Å²) in [6.45, 7) is 1.44. The lowest BCUT2D eigenvalue weighted by Gasteiger charge is -2.10. The number of sulfonamides is 1. The Kier molecular flexibility index (Phi) is 4.86. The second-order valence-electron chi connectivity index (χ2n) is 5.77. The van der Waals surface area contributed by atoms with Crippen molar-refractivity contribution >= 4 is 21.5 Å². The second-order valence-corrected chi connectivity index (χ2v) is 7.46. The molecule has 0 aliphatic carbocycles. The molecule has 0 bridgehead atoms. The Balaban J connectivity index is 1.88. The Morgan fingerprint density at radius 3 is 2.15 bits per heavy atom. The minimum Gasteiger partial charge on any atom is -0.295 e. The van der Waals surface area contributed by atoms with Gasteiger partial charge in [-0.2, -0.15) is 0 Å². The van der Waals surface area contributed by atoms with Gasteiger partial charge in [-0.3, -0.25) is 9.52 Å². The van der Waals surface area contributed by atoms with Crippen LogP contribution in [0.5, 0.6) is 0 Å². The molecule has 3 rings (SSSR count). The van der Waals surface area contributed by atoms with Crippen LogP contribution in [0.25, 0.3) is 11.1 Å². The molecule has 0 aromatic heterocycles. The molecule has 0 amide bonds. The second kappa shape index (κ2) is 7.09. The van der Waals surface area contributed by atoms with Gasteiger partial charge in [-0.25, -0.2) is 12.8 Å². The summed E-state index contributed by atoms with van der Waals surface area (Å²) in [4.78, 5) is 11.4. The summed E-state index contributed by atoms with van der Waals surface area (Å²) in [6.07, 6.45) is 0. The predicted molar refractivity (Wildman–Crippen MR) is 99.1 cm³/mol. The number of hydrogen-bond acceptors (Lipinski definition) is 3. The minimum atomic E-state index is -3.79. The van der Waals surface area contributed by atoms with E-state index >= 15 is 0 Å². The molecular weight excluding hydrogens is 353 g/mol. The van der Waals surface area contributed by atoms with E-state index in [1.807, 2.05) is 0 Å². The lowest BCUT2D eigenvalue weighted by molar-refractivity contribution is 0.101. The lowest BCUT2D eigenvalue weighted by Crippen LogP contribution is -2.13. The van der Waals surface area contributed by atoms with Gasteiger partial charge in [0.25, 0.3) is 10.0 Å². The number of Topliss-reactive ketones (excluding diaryl/α,β-unsaturated/α-hetero) is 1. The van der Waals surface area contributed by atoms with Gasteiger partial charge in [-0.05, 0) is 66.6 Å². The van der Waals surface area contributed by atoms with Gasteiger partial charge in [0.1, 0.15) is 5.82 Å². The number of hydrogen-bond donors (Lipinski definition) is 1. The van der Waals surface area contributed by atoms with Crippen molar-refractivity contribution in [2.75, 3.05) is 4.72 Å². The van der Waals surface area contributed by atoms with Crippen molar-refractivity contribution in [3.63, 3.8) is 0 Å². The van der Waals surface area contributed by atoms with E-state index in [1.165, 1.54) is 43.3 Å². The van der Waals surface area contributed by atoms with E-state index in [0.29, 0.717) is 22.4 Å². The summed E-state index contributed by atoms with van der Waals surface area (Å²) in [5, 5.41) is 0. The molecule has 0 atom stereocenters. The first kappa shape index (κ1) is 17.8. The van der Waals surface area contributed by atoms with Crippen molar-refractivity contribution in [3.8, 4) is 11.1 Å². The van der Waals surface area contributed by atoms with Gasteiger partial charge >= 0.3 is 0 Å². The first-order valence-electron chi connectivity index (χ1n) is 7.85. The fourth-order valence-electron chi connectivity index (χ4n) is 2.47. The number of halogens is 1. The van der Waals surface area contributed by atoms with Crippen LogP contribution in [0.2, 0.25) is 0 Å². The van der Waals surface area contributed by atoms with Crippen LogP contribution in [0.1, 0.15) is 17.3 Å². The van der Waals surface area contributed by atoms with Crippen molar-refractivity contribution in [2.45, 2.75) is 11.8 Å². The number of ketones is 1. The maximum Gasteiger partial charge on any atom is 0.261 e. The van der Waals surface area contributed by atoms with Crippen molar-refractivity contribution in [3.05, 3.63) is 84.2 Å². The van der Waals surface area contributed by atoms with Gasteiger partial charge in [0.05, 0.1) is 4.90 Å². The van der Waals surface area contributed by atoms with Crippen molar-refractivity contribution in [1.82, 2.24) is 0 Å². The fraction of sp³-hybridized carbons (Fsp3) is 0.0500. The maximum absolute atomic E-state index is 13.1. The number of anilines is 1. The lowest BCUT2D eigenvalue weighted by atomic mass is 10.1. The summed E-state index contributed by atoms with van der Waals surface area (Å²) in [5.41, 5.74) is 2.25. The highest BCUT2D eigenvalue weighted by Gasteiger charge is 2.15. The Morgan fingerprint density at radius 1 is 0.885 bits per heavy atom. The third kappa shape index (κ3) is 3.97. The third-order valence-electron chi connectivity index (χ3n) is 3.87. The largest absolute Gasteiger partial charge is 0.295 e. The molecule has 26 heavy (non-hydrogen) atoms. The van der Waals surface area contributed by atoms with Crippen LogP contribution in [0.15, 0.2) is 77.7 Å². The summed E-state index contributed by atoms with van der Waals surface area (Å²) in [6, 6.07) is 18.4. The maximum atomic E-state index is 13.1. The third-order valence-corrected chi connectivity index (χ3v) is 5.24. The van der Waals surface area contributed by atoms with Gasteiger partial charge in [-0.15, -0.1) is 0 Å². The van der Waals surface area contributed by atoms with E-state index < -0.39 is 10.0 Å². The van der Waals surface area contributed by atoms with E-state index in [1.54, 1.807) is 36.4 Å². The zero-order valence-electron chi connectivity index (χ0n) is 13.9. The normalized spacial score (nSPS) is 11.2. The summed E-state index contributed by atoms with van der Waals surface area (Å²) in [7, 11) is -3.79. The minimum absolute atomic E-state index is 0.0913. The number of carbonyl (C=O) groups is 1. The molecule has 0 aliphatic heterocycles. The van der Waals surface area contributed by atoms with E-state index in [9.17, 15) is 17.6 Å². The fourth-order valence-corrected chi connectivity index (χ4v) is 3.58. The van der Waals surface area contributed by atoms with Crippen LogP contribution < -0.4 is 4.72 Å². The molecule has 4 nitrogen and oxygen atoms in total. The molecule has 0 heterocycles. The van der Waals surface area contributed by atoms with E-state index in [4.69, 9.17) is 0 Å². The van der Waals surface area contributed by atoms with E-state index in [-0.39, 0.29) is 16.5 Å². The smallest absolute Gasteiger partial charge is 0.261 e. The van der Waals surface area contributed by atoms with Gasteiger partial charge in [0, 0.05) is 11.3 Å². The number of benzene rings is 3. The highest BCUT2D eigenvalue weighted by Crippen LogP contribution is 2.24. The van der Waals surface area contributed by atoms with Crippen LogP contribution in [-0.2, 0) is 10.0 Å². The van der Waals surface area contributed by atoms with Crippen molar-refractivity contribution < 1.29 is 17.6 Å².